The topological polar surface area (TPSA) is 49.8 Å². The van der Waals surface area contributed by atoms with Crippen molar-refractivity contribution in [2.75, 3.05) is 26.8 Å². The molecule has 1 unspecified atom stereocenters. The van der Waals surface area contributed by atoms with Crippen molar-refractivity contribution < 1.29 is 14.6 Å². The van der Waals surface area contributed by atoms with E-state index in [0.717, 1.165) is 0 Å². The first-order valence-corrected chi connectivity index (χ1v) is 6.41. The predicted molar refractivity (Wildman–Crippen MR) is 66.6 cm³/mol. The molecule has 0 aromatic carbocycles. The summed E-state index contributed by atoms with van der Waals surface area (Å²) in [5.41, 5.74) is -0.765. The summed E-state index contributed by atoms with van der Waals surface area (Å²) in [5.74, 6) is 0.442. The van der Waals surface area contributed by atoms with Gasteiger partial charge in [-0.1, -0.05) is 20.8 Å². The van der Waals surface area contributed by atoms with Crippen LogP contribution < -0.4 is 0 Å². The molecule has 1 aliphatic rings. The SMILES string of the molecule is CC(C)C(C)C(=O)N(C)CC1(O)CCOCC1. The second-order valence-electron chi connectivity index (χ2n) is 5.56. The normalized spacial score (nSPS) is 21.3. The van der Waals surface area contributed by atoms with E-state index in [1.165, 1.54) is 0 Å². The number of likely N-dealkylation sites (N-methyl/N-ethyl adjacent to an activating group) is 1. The molecule has 4 heteroatoms. The maximum Gasteiger partial charge on any atom is 0.225 e. The molecular weight excluding hydrogens is 218 g/mol. The van der Waals surface area contributed by atoms with Crippen molar-refractivity contribution in [1.82, 2.24) is 4.90 Å². The van der Waals surface area contributed by atoms with Crippen LogP contribution in [0, 0.1) is 11.8 Å². The molecule has 0 bridgehead atoms. The van der Waals surface area contributed by atoms with E-state index in [0.29, 0.717) is 38.5 Å². The minimum Gasteiger partial charge on any atom is -0.388 e. The van der Waals surface area contributed by atoms with Crippen LogP contribution >= 0.6 is 0 Å². The molecule has 1 aliphatic heterocycles. The third-order valence-electron chi connectivity index (χ3n) is 3.72. The van der Waals surface area contributed by atoms with Crippen LogP contribution in [0.4, 0.5) is 0 Å². The summed E-state index contributed by atoms with van der Waals surface area (Å²) >= 11 is 0. The molecule has 1 atom stereocenters. The molecule has 0 aromatic heterocycles. The van der Waals surface area contributed by atoms with E-state index in [9.17, 15) is 9.90 Å². The van der Waals surface area contributed by atoms with E-state index >= 15 is 0 Å². The van der Waals surface area contributed by atoms with Crippen molar-refractivity contribution in [2.45, 2.75) is 39.2 Å². The number of rotatable bonds is 4. The number of hydrogen-bond acceptors (Lipinski definition) is 3. The smallest absolute Gasteiger partial charge is 0.225 e. The van der Waals surface area contributed by atoms with Crippen molar-refractivity contribution in [3.05, 3.63) is 0 Å². The fourth-order valence-electron chi connectivity index (χ4n) is 2.06. The Kier molecular flexibility index (Phi) is 4.95. The van der Waals surface area contributed by atoms with E-state index in [-0.39, 0.29) is 11.8 Å². The molecule has 100 valence electrons. The molecule has 1 saturated heterocycles. The molecule has 0 saturated carbocycles. The average molecular weight is 243 g/mol. The molecule has 1 N–H and O–H groups in total. The highest BCUT2D eigenvalue weighted by atomic mass is 16.5. The second kappa shape index (κ2) is 5.83. The quantitative estimate of drug-likeness (QED) is 0.809. The maximum absolute atomic E-state index is 12.1. The predicted octanol–water partition coefficient (Wildman–Crippen LogP) is 1.28. The number of carbonyl (C=O) groups is 1. The first-order valence-electron chi connectivity index (χ1n) is 6.41. The molecule has 1 amide bonds. The molecule has 0 radical (unpaired) electrons. The number of amides is 1. The molecule has 17 heavy (non-hydrogen) atoms. The van der Waals surface area contributed by atoms with Crippen LogP contribution in [0.2, 0.25) is 0 Å². The zero-order valence-corrected chi connectivity index (χ0v) is 11.4. The summed E-state index contributed by atoms with van der Waals surface area (Å²) in [7, 11) is 1.77. The van der Waals surface area contributed by atoms with Gasteiger partial charge in [0.2, 0.25) is 5.91 Å². The Labute approximate surface area is 104 Å². The molecule has 4 nitrogen and oxygen atoms in total. The Hall–Kier alpha value is -0.610. The van der Waals surface area contributed by atoms with Gasteiger partial charge in [-0.25, -0.2) is 0 Å². The molecule has 1 heterocycles. The van der Waals surface area contributed by atoms with Crippen LogP contribution in [0.15, 0.2) is 0 Å². The fraction of sp³-hybridized carbons (Fsp3) is 0.923. The lowest BCUT2D eigenvalue weighted by Gasteiger charge is -2.36. The van der Waals surface area contributed by atoms with Gasteiger partial charge in [0, 0.05) is 45.6 Å². The monoisotopic (exact) mass is 243 g/mol. The van der Waals surface area contributed by atoms with Gasteiger partial charge >= 0.3 is 0 Å². The van der Waals surface area contributed by atoms with Gasteiger partial charge in [0.25, 0.3) is 0 Å². The highest BCUT2D eigenvalue weighted by Crippen LogP contribution is 2.22. The largest absolute Gasteiger partial charge is 0.388 e. The summed E-state index contributed by atoms with van der Waals surface area (Å²) in [5, 5.41) is 10.3. The standard InChI is InChI=1S/C13H25NO3/c1-10(2)11(3)12(15)14(4)9-13(16)5-7-17-8-6-13/h10-11,16H,5-9H2,1-4H3. The lowest BCUT2D eigenvalue weighted by Crippen LogP contribution is -2.48. The van der Waals surface area contributed by atoms with Gasteiger partial charge < -0.3 is 14.7 Å². The molecule has 1 rings (SSSR count). The first kappa shape index (κ1) is 14.5. The second-order valence-corrected chi connectivity index (χ2v) is 5.56. The third-order valence-corrected chi connectivity index (χ3v) is 3.72. The molecular formula is C13H25NO3. The Morgan fingerprint density at radius 1 is 1.35 bits per heavy atom. The van der Waals surface area contributed by atoms with E-state index in [2.05, 4.69) is 0 Å². The molecule has 0 aromatic rings. The van der Waals surface area contributed by atoms with Crippen LogP contribution in [0.3, 0.4) is 0 Å². The van der Waals surface area contributed by atoms with Gasteiger partial charge in [0.05, 0.1) is 5.60 Å². The Morgan fingerprint density at radius 3 is 2.35 bits per heavy atom. The minimum atomic E-state index is -0.765. The van der Waals surface area contributed by atoms with Gasteiger partial charge in [-0.3, -0.25) is 4.79 Å². The van der Waals surface area contributed by atoms with E-state index in [1.807, 2.05) is 20.8 Å². The molecule has 0 spiro atoms. The summed E-state index contributed by atoms with van der Waals surface area (Å²) in [6.07, 6.45) is 1.22. The van der Waals surface area contributed by atoms with Gasteiger partial charge in [-0.05, 0) is 5.92 Å². The van der Waals surface area contributed by atoms with E-state index in [1.54, 1.807) is 11.9 Å². The van der Waals surface area contributed by atoms with Gasteiger partial charge in [-0.15, -0.1) is 0 Å². The lowest BCUT2D eigenvalue weighted by atomic mass is 9.92. The van der Waals surface area contributed by atoms with Crippen molar-refractivity contribution in [3.8, 4) is 0 Å². The summed E-state index contributed by atoms with van der Waals surface area (Å²) in [6, 6.07) is 0. The highest BCUT2D eigenvalue weighted by Gasteiger charge is 2.33. The summed E-state index contributed by atoms with van der Waals surface area (Å²) in [4.78, 5) is 13.7. The van der Waals surface area contributed by atoms with Gasteiger partial charge in [0.1, 0.15) is 0 Å². The van der Waals surface area contributed by atoms with Crippen LogP contribution in [-0.4, -0.2) is 48.3 Å². The number of ether oxygens (including phenoxy) is 1. The van der Waals surface area contributed by atoms with Gasteiger partial charge in [0.15, 0.2) is 0 Å². The number of carbonyl (C=O) groups excluding carboxylic acids is 1. The summed E-state index contributed by atoms with van der Waals surface area (Å²) < 4.78 is 5.23. The Bertz CT molecular complexity index is 259. The first-order chi connectivity index (χ1) is 7.86. The zero-order chi connectivity index (χ0) is 13.1. The van der Waals surface area contributed by atoms with Crippen LogP contribution in [0.5, 0.6) is 0 Å². The summed E-state index contributed by atoms with van der Waals surface area (Å²) in [6.45, 7) is 7.60. The Morgan fingerprint density at radius 2 is 1.88 bits per heavy atom. The fourth-order valence-corrected chi connectivity index (χ4v) is 2.06. The van der Waals surface area contributed by atoms with Crippen molar-refractivity contribution >= 4 is 5.91 Å². The Balaban J connectivity index is 2.52. The van der Waals surface area contributed by atoms with E-state index in [4.69, 9.17) is 4.74 Å². The number of hydrogen-bond donors (Lipinski definition) is 1. The third kappa shape index (κ3) is 3.96. The highest BCUT2D eigenvalue weighted by molar-refractivity contribution is 5.78. The zero-order valence-electron chi connectivity index (χ0n) is 11.4. The number of aliphatic hydroxyl groups is 1. The van der Waals surface area contributed by atoms with Crippen LogP contribution in [-0.2, 0) is 9.53 Å². The molecule has 1 fully saturated rings. The van der Waals surface area contributed by atoms with Crippen molar-refractivity contribution in [2.24, 2.45) is 11.8 Å². The van der Waals surface area contributed by atoms with Crippen molar-refractivity contribution in [1.29, 1.82) is 0 Å². The van der Waals surface area contributed by atoms with Crippen molar-refractivity contribution in [3.63, 3.8) is 0 Å². The van der Waals surface area contributed by atoms with E-state index < -0.39 is 5.60 Å². The molecule has 0 aliphatic carbocycles. The van der Waals surface area contributed by atoms with Gasteiger partial charge in [-0.2, -0.15) is 0 Å². The maximum atomic E-state index is 12.1. The average Bonchev–Trinajstić information content (AvgIpc) is 2.27. The number of nitrogens with zero attached hydrogens (tertiary/aromatic N) is 1. The minimum absolute atomic E-state index is 0.00319. The lowest BCUT2D eigenvalue weighted by molar-refractivity contribution is -0.141. The van der Waals surface area contributed by atoms with Crippen LogP contribution in [0.1, 0.15) is 33.6 Å². The van der Waals surface area contributed by atoms with Crippen LogP contribution in [0.25, 0.3) is 0 Å².